The Morgan fingerprint density at radius 2 is 1.92 bits per heavy atom. The van der Waals surface area contributed by atoms with Crippen molar-refractivity contribution in [3.8, 4) is 0 Å². The first-order valence-electron chi connectivity index (χ1n) is 4.63. The first-order valence-corrected chi connectivity index (χ1v) is 4.63. The number of hydrogen-bond acceptors (Lipinski definition) is 3. The lowest BCUT2D eigenvalue weighted by atomic mass is 9.95. The van der Waals surface area contributed by atoms with Crippen LogP contribution >= 0.6 is 0 Å². The van der Waals surface area contributed by atoms with E-state index in [1.807, 2.05) is 7.05 Å². The van der Waals surface area contributed by atoms with Crippen LogP contribution in [-0.2, 0) is 9.47 Å². The van der Waals surface area contributed by atoms with Gasteiger partial charge in [-0.15, -0.1) is 0 Å². The van der Waals surface area contributed by atoms with E-state index in [1.165, 1.54) is 0 Å². The monoisotopic (exact) mass is 173 g/mol. The van der Waals surface area contributed by atoms with Crippen LogP contribution < -0.4 is 5.32 Å². The molecule has 72 valence electrons. The summed E-state index contributed by atoms with van der Waals surface area (Å²) >= 11 is 0. The van der Waals surface area contributed by atoms with E-state index in [9.17, 15) is 0 Å². The fourth-order valence-corrected chi connectivity index (χ4v) is 1.51. The van der Waals surface area contributed by atoms with Crippen molar-refractivity contribution in [1.82, 2.24) is 5.32 Å². The first kappa shape index (κ1) is 9.96. The lowest BCUT2D eigenvalue weighted by Crippen LogP contribution is -2.34. The zero-order chi connectivity index (χ0) is 8.97. The van der Waals surface area contributed by atoms with Crippen molar-refractivity contribution in [3.63, 3.8) is 0 Å². The van der Waals surface area contributed by atoms with Crippen molar-refractivity contribution in [1.29, 1.82) is 0 Å². The maximum atomic E-state index is 5.47. The number of nitrogens with one attached hydrogen (secondary N) is 1. The predicted molar refractivity (Wildman–Crippen MR) is 47.9 cm³/mol. The number of rotatable bonds is 4. The summed E-state index contributed by atoms with van der Waals surface area (Å²) in [6.07, 6.45) is 0.0115. The van der Waals surface area contributed by atoms with Crippen molar-refractivity contribution < 1.29 is 9.47 Å². The van der Waals surface area contributed by atoms with Gasteiger partial charge < -0.3 is 14.8 Å². The largest absolute Gasteiger partial charge is 0.350 e. The van der Waals surface area contributed by atoms with Crippen molar-refractivity contribution in [2.24, 2.45) is 11.8 Å². The molecule has 1 rings (SSSR count). The Morgan fingerprint density at radius 1 is 1.33 bits per heavy atom. The second-order valence-electron chi connectivity index (χ2n) is 3.58. The minimum absolute atomic E-state index is 0.0115. The third kappa shape index (κ3) is 2.44. The minimum Gasteiger partial charge on any atom is -0.350 e. The summed E-state index contributed by atoms with van der Waals surface area (Å²) in [7, 11) is 1.96. The third-order valence-electron chi connectivity index (χ3n) is 2.29. The lowest BCUT2D eigenvalue weighted by molar-refractivity contribution is -0.0943. The molecule has 1 unspecified atom stereocenters. The van der Waals surface area contributed by atoms with Crippen LogP contribution in [0.1, 0.15) is 13.8 Å². The van der Waals surface area contributed by atoms with Crippen molar-refractivity contribution in [2.45, 2.75) is 20.1 Å². The van der Waals surface area contributed by atoms with Crippen LogP contribution in [0.25, 0.3) is 0 Å². The van der Waals surface area contributed by atoms with Gasteiger partial charge in [0.2, 0.25) is 0 Å². The molecule has 0 aliphatic carbocycles. The van der Waals surface area contributed by atoms with E-state index in [1.54, 1.807) is 0 Å². The van der Waals surface area contributed by atoms with E-state index >= 15 is 0 Å². The Balaban J connectivity index is 2.40. The van der Waals surface area contributed by atoms with Gasteiger partial charge in [-0.2, -0.15) is 0 Å². The standard InChI is InChI=1S/C9H19NO2/c1-7(2)8(6-10-3)9-11-4-5-12-9/h7-10H,4-6H2,1-3H3. The average molecular weight is 173 g/mol. The van der Waals surface area contributed by atoms with Gasteiger partial charge in [-0.3, -0.25) is 0 Å². The minimum atomic E-state index is 0.0115. The number of hydrogen-bond donors (Lipinski definition) is 1. The molecule has 0 radical (unpaired) electrons. The molecule has 1 saturated heterocycles. The predicted octanol–water partition coefficient (Wildman–Crippen LogP) is 0.851. The molecule has 12 heavy (non-hydrogen) atoms. The SMILES string of the molecule is CNCC(C(C)C)C1OCCO1. The zero-order valence-electron chi connectivity index (χ0n) is 8.17. The van der Waals surface area contributed by atoms with E-state index < -0.39 is 0 Å². The molecule has 0 bridgehead atoms. The summed E-state index contributed by atoms with van der Waals surface area (Å²) in [4.78, 5) is 0. The second kappa shape index (κ2) is 4.80. The van der Waals surface area contributed by atoms with Gasteiger partial charge >= 0.3 is 0 Å². The first-order chi connectivity index (χ1) is 5.75. The molecule has 3 nitrogen and oxygen atoms in total. The molecule has 1 heterocycles. The van der Waals surface area contributed by atoms with E-state index in [2.05, 4.69) is 19.2 Å². The molecule has 1 fully saturated rings. The molecule has 1 N–H and O–H groups in total. The van der Waals surface area contributed by atoms with Gasteiger partial charge in [0.25, 0.3) is 0 Å². The van der Waals surface area contributed by atoms with E-state index in [0.29, 0.717) is 11.8 Å². The molecule has 0 amide bonds. The molecule has 3 heteroatoms. The van der Waals surface area contributed by atoms with Gasteiger partial charge in [0.15, 0.2) is 6.29 Å². The van der Waals surface area contributed by atoms with Crippen LogP contribution in [0.15, 0.2) is 0 Å². The highest BCUT2D eigenvalue weighted by Gasteiger charge is 2.28. The van der Waals surface area contributed by atoms with Crippen LogP contribution in [0.5, 0.6) is 0 Å². The molecular weight excluding hydrogens is 154 g/mol. The topological polar surface area (TPSA) is 30.5 Å². The van der Waals surface area contributed by atoms with Gasteiger partial charge in [0, 0.05) is 12.5 Å². The Kier molecular flexibility index (Phi) is 3.98. The maximum Gasteiger partial charge on any atom is 0.162 e. The molecule has 1 atom stereocenters. The van der Waals surface area contributed by atoms with E-state index in [0.717, 1.165) is 19.8 Å². The van der Waals surface area contributed by atoms with Crippen LogP contribution in [0, 0.1) is 11.8 Å². The molecule has 1 aliphatic rings. The Hall–Kier alpha value is -0.120. The Bertz CT molecular complexity index is 122. The summed E-state index contributed by atoms with van der Waals surface area (Å²) in [6.45, 7) is 6.86. The lowest BCUT2D eigenvalue weighted by Gasteiger charge is -2.25. The number of ether oxygens (including phenoxy) is 2. The molecule has 0 spiro atoms. The van der Waals surface area contributed by atoms with Crippen molar-refractivity contribution in [3.05, 3.63) is 0 Å². The molecule has 0 aromatic rings. The highest BCUT2D eigenvalue weighted by Crippen LogP contribution is 2.21. The maximum absolute atomic E-state index is 5.47. The Labute approximate surface area is 74.4 Å². The smallest absolute Gasteiger partial charge is 0.162 e. The molecule has 0 aromatic carbocycles. The fraction of sp³-hybridized carbons (Fsp3) is 1.00. The highest BCUT2D eigenvalue weighted by atomic mass is 16.7. The summed E-state index contributed by atoms with van der Waals surface area (Å²) in [5.41, 5.74) is 0. The zero-order valence-corrected chi connectivity index (χ0v) is 8.17. The Morgan fingerprint density at radius 3 is 2.33 bits per heavy atom. The van der Waals surface area contributed by atoms with Gasteiger partial charge in [-0.25, -0.2) is 0 Å². The summed E-state index contributed by atoms with van der Waals surface area (Å²) in [6, 6.07) is 0. The summed E-state index contributed by atoms with van der Waals surface area (Å²) in [5, 5.41) is 3.17. The highest BCUT2D eigenvalue weighted by molar-refractivity contribution is 4.71. The molecule has 1 aliphatic heterocycles. The van der Waals surface area contributed by atoms with Crippen LogP contribution in [0.3, 0.4) is 0 Å². The normalized spacial score (nSPS) is 22.0. The molecule has 0 aromatic heterocycles. The van der Waals surface area contributed by atoms with Gasteiger partial charge in [-0.05, 0) is 13.0 Å². The van der Waals surface area contributed by atoms with Gasteiger partial charge in [-0.1, -0.05) is 13.8 Å². The van der Waals surface area contributed by atoms with Crippen molar-refractivity contribution in [2.75, 3.05) is 26.8 Å². The van der Waals surface area contributed by atoms with E-state index in [-0.39, 0.29) is 6.29 Å². The van der Waals surface area contributed by atoms with Gasteiger partial charge in [0.1, 0.15) is 0 Å². The van der Waals surface area contributed by atoms with Crippen molar-refractivity contribution >= 4 is 0 Å². The van der Waals surface area contributed by atoms with Crippen LogP contribution in [0.2, 0.25) is 0 Å². The van der Waals surface area contributed by atoms with Crippen LogP contribution in [0.4, 0.5) is 0 Å². The van der Waals surface area contributed by atoms with Crippen LogP contribution in [-0.4, -0.2) is 33.1 Å². The molecular formula is C9H19NO2. The quantitative estimate of drug-likeness (QED) is 0.683. The van der Waals surface area contributed by atoms with Gasteiger partial charge in [0.05, 0.1) is 13.2 Å². The third-order valence-corrected chi connectivity index (χ3v) is 2.29. The summed E-state index contributed by atoms with van der Waals surface area (Å²) < 4.78 is 10.9. The second-order valence-corrected chi connectivity index (χ2v) is 3.58. The fourth-order valence-electron chi connectivity index (χ4n) is 1.51. The van der Waals surface area contributed by atoms with E-state index in [4.69, 9.17) is 9.47 Å². The molecule has 0 saturated carbocycles. The average Bonchev–Trinajstić information content (AvgIpc) is 2.51. The summed E-state index contributed by atoms with van der Waals surface area (Å²) in [5.74, 6) is 1.07.